The molecule has 2 rings (SSSR count). The van der Waals surface area contributed by atoms with Gasteiger partial charge in [0.25, 0.3) is 11.1 Å². The fourth-order valence-corrected chi connectivity index (χ4v) is 2.64. The van der Waals surface area contributed by atoms with Crippen molar-refractivity contribution >= 4 is 35.0 Å². The van der Waals surface area contributed by atoms with Gasteiger partial charge < -0.3 is 9.47 Å². The molecule has 1 aromatic rings. The number of carbonyl (C=O) groups is 3. The Morgan fingerprint density at radius 1 is 1.30 bits per heavy atom. The number of nitrogens with zero attached hydrogens (tertiary/aromatic N) is 1. The minimum absolute atomic E-state index is 0.263. The topological polar surface area (TPSA) is 72.9 Å². The van der Waals surface area contributed by atoms with Crippen LogP contribution < -0.4 is 4.74 Å². The largest absolute Gasteiger partial charge is 0.490 e. The van der Waals surface area contributed by atoms with Gasteiger partial charge in [-0.05, 0) is 35.5 Å². The van der Waals surface area contributed by atoms with Crippen molar-refractivity contribution < 1.29 is 23.9 Å². The first-order valence-corrected chi connectivity index (χ1v) is 7.52. The van der Waals surface area contributed by atoms with Gasteiger partial charge in [-0.3, -0.25) is 19.3 Å². The number of carbonyl (C=O) groups excluding carboxylic acids is 3. The summed E-state index contributed by atoms with van der Waals surface area (Å²) in [4.78, 5) is 36.3. The third-order valence-electron chi connectivity index (χ3n) is 2.93. The molecule has 120 valence electrons. The molecule has 0 atom stereocenters. The zero-order valence-electron chi connectivity index (χ0n) is 12.5. The van der Waals surface area contributed by atoms with Gasteiger partial charge in [0.1, 0.15) is 18.9 Å². The highest BCUT2D eigenvalue weighted by Crippen LogP contribution is 2.32. The smallest absolute Gasteiger partial charge is 0.325 e. The van der Waals surface area contributed by atoms with Gasteiger partial charge in [0.2, 0.25) is 0 Å². The lowest BCUT2D eigenvalue weighted by Gasteiger charge is -2.09. The summed E-state index contributed by atoms with van der Waals surface area (Å²) in [6.45, 7) is 3.59. The Labute approximate surface area is 137 Å². The van der Waals surface area contributed by atoms with E-state index in [1.807, 2.05) is 0 Å². The minimum atomic E-state index is -0.641. The van der Waals surface area contributed by atoms with Crippen LogP contribution >= 0.6 is 11.8 Å². The molecule has 0 N–H and O–H groups in total. The number of rotatable bonds is 6. The molecule has 1 aromatic carbocycles. The predicted octanol–water partition coefficient (Wildman–Crippen LogP) is 2.46. The maximum absolute atomic E-state index is 12.2. The number of ether oxygens (including phenoxy) is 2. The summed E-state index contributed by atoms with van der Waals surface area (Å²) in [5, 5.41) is -0.488. The number of hydrogen-bond acceptors (Lipinski definition) is 6. The SMILES string of the molecule is C=CCOc1ccc(/C=C2/SC(=O)N(CC(=O)OC)C2=O)cc1. The summed E-state index contributed by atoms with van der Waals surface area (Å²) in [7, 11) is 1.20. The van der Waals surface area contributed by atoms with E-state index < -0.39 is 17.1 Å². The van der Waals surface area contributed by atoms with Gasteiger partial charge in [-0.15, -0.1) is 0 Å². The number of esters is 1. The van der Waals surface area contributed by atoms with Gasteiger partial charge in [-0.25, -0.2) is 0 Å². The molecule has 0 aromatic heterocycles. The Balaban J connectivity index is 2.10. The van der Waals surface area contributed by atoms with Crippen molar-refractivity contribution in [3.05, 3.63) is 47.4 Å². The second kappa shape index (κ2) is 7.64. The summed E-state index contributed by atoms with van der Waals surface area (Å²) in [6, 6.07) is 7.06. The van der Waals surface area contributed by atoms with E-state index in [-0.39, 0.29) is 11.4 Å². The third-order valence-corrected chi connectivity index (χ3v) is 3.84. The Kier molecular flexibility index (Phi) is 5.59. The number of benzene rings is 1. The van der Waals surface area contributed by atoms with Crippen molar-refractivity contribution in [2.75, 3.05) is 20.3 Å². The maximum Gasteiger partial charge on any atom is 0.325 e. The second-order valence-corrected chi connectivity index (χ2v) is 5.51. The van der Waals surface area contributed by atoms with Crippen molar-refractivity contribution in [1.82, 2.24) is 4.90 Å². The Morgan fingerprint density at radius 2 is 2.00 bits per heavy atom. The molecule has 0 unspecified atom stereocenters. The first-order valence-electron chi connectivity index (χ1n) is 6.71. The maximum atomic E-state index is 12.2. The van der Waals surface area contributed by atoms with Crippen LogP contribution in [-0.2, 0) is 14.3 Å². The summed E-state index contributed by atoms with van der Waals surface area (Å²) < 4.78 is 9.84. The quantitative estimate of drug-likeness (QED) is 0.452. The Hall–Kier alpha value is -2.54. The van der Waals surface area contributed by atoms with Crippen molar-refractivity contribution in [2.45, 2.75) is 0 Å². The highest BCUT2D eigenvalue weighted by Gasteiger charge is 2.36. The zero-order chi connectivity index (χ0) is 16.8. The number of amides is 2. The van der Waals surface area contributed by atoms with Gasteiger partial charge in [-0.2, -0.15) is 0 Å². The predicted molar refractivity (Wildman–Crippen MR) is 86.8 cm³/mol. The van der Waals surface area contributed by atoms with Crippen molar-refractivity contribution in [3.63, 3.8) is 0 Å². The van der Waals surface area contributed by atoms with Crippen LogP contribution in [0.4, 0.5) is 4.79 Å². The molecule has 0 aliphatic carbocycles. The van der Waals surface area contributed by atoms with E-state index in [1.54, 1.807) is 36.4 Å². The van der Waals surface area contributed by atoms with Crippen LogP contribution in [0.1, 0.15) is 5.56 Å². The number of imide groups is 1. The van der Waals surface area contributed by atoms with Crippen LogP contribution in [0.2, 0.25) is 0 Å². The average Bonchev–Trinajstić information content (AvgIpc) is 2.81. The summed E-state index contributed by atoms with van der Waals surface area (Å²) >= 11 is 0.793. The lowest BCUT2D eigenvalue weighted by atomic mass is 10.2. The second-order valence-electron chi connectivity index (χ2n) is 4.51. The molecule has 23 heavy (non-hydrogen) atoms. The summed E-state index contributed by atoms with van der Waals surface area (Å²) in [5.41, 5.74) is 0.750. The summed E-state index contributed by atoms with van der Waals surface area (Å²) in [6.07, 6.45) is 3.24. The van der Waals surface area contributed by atoms with Gasteiger partial charge in [-0.1, -0.05) is 24.8 Å². The molecule has 1 fully saturated rings. The molecule has 6 nitrogen and oxygen atoms in total. The highest BCUT2D eigenvalue weighted by atomic mass is 32.2. The molecule has 0 radical (unpaired) electrons. The molecule has 1 aliphatic heterocycles. The van der Waals surface area contributed by atoms with E-state index in [0.717, 1.165) is 22.2 Å². The monoisotopic (exact) mass is 333 g/mol. The van der Waals surface area contributed by atoms with E-state index in [0.29, 0.717) is 12.4 Å². The highest BCUT2D eigenvalue weighted by molar-refractivity contribution is 8.18. The zero-order valence-corrected chi connectivity index (χ0v) is 13.3. The molecule has 0 saturated carbocycles. The fourth-order valence-electron chi connectivity index (χ4n) is 1.80. The normalized spacial score (nSPS) is 15.9. The van der Waals surface area contributed by atoms with Gasteiger partial charge in [0.05, 0.1) is 12.0 Å². The van der Waals surface area contributed by atoms with Crippen LogP contribution in [0, 0.1) is 0 Å². The standard InChI is InChI=1S/C16H15NO5S/c1-3-8-22-12-6-4-11(5-7-12)9-13-15(19)17(16(20)23-13)10-14(18)21-2/h3-7,9H,1,8,10H2,2H3/b13-9+. The molecular formula is C16H15NO5S. The lowest BCUT2D eigenvalue weighted by molar-refractivity contribution is -0.143. The molecule has 0 spiro atoms. The van der Waals surface area contributed by atoms with Crippen molar-refractivity contribution in [3.8, 4) is 5.75 Å². The van der Waals surface area contributed by atoms with Gasteiger partial charge in [0, 0.05) is 0 Å². The molecule has 1 aliphatic rings. The Morgan fingerprint density at radius 3 is 2.61 bits per heavy atom. The fraction of sp³-hybridized carbons (Fsp3) is 0.188. The molecule has 1 heterocycles. The van der Waals surface area contributed by atoms with Crippen molar-refractivity contribution in [2.24, 2.45) is 0 Å². The number of methoxy groups -OCH3 is 1. The van der Waals surface area contributed by atoms with E-state index >= 15 is 0 Å². The van der Waals surface area contributed by atoms with E-state index in [4.69, 9.17) is 4.74 Å². The van der Waals surface area contributed by atoms with Crippen LogP contribution in [0.25, 0.3) is 6.08 Å². The first-order chi connectivity index (χ1) is 11.0. The van der Waals surface area contributed by atoms with Crippen molar-refractivity contribution in [1.29, 1.82) is 0 Å². The van der Waals surface area contributed by atoms with Crippen LogP contribution in [0.5, 0.6) is 5.75 Å². The summed E-state index contributed by atoms with van der Waals surface area (Å²) in [5.74, 6) is -0.463. The van der Waals surface area contributed by atoms with Gasteiger partial charge in [0.15, 0.2) is 0 Å². The lowest BCUT2D eigenvalue weighted by Crippen LogP contribution is -2.34. The van der Waals surface area contributed by atoms with Crippen LogP contribution in [-0.4, -0.2) is 42.3 Å². The Bertz CT molecular complexity index is 666. The third kappa shape index (κ3) is 4.23. The van der Waals surface area contributed by atoms with Gasteiger partial charge >= 0.3 is 5.97 Å². The molecule has 1 saturated heterocycles. The first kappa shape index (κ1) is 16.8. The number of thioether (sulfide) groups is 1. The molecule has 0 bridgehead atoms. The van der Waals surface area contributed by atoms with Crippen LogP contribution in [0.3, 0.4) is 0 Å². The van der Waals surface area contributed by atoms with E-state index in [2.05, 4.69) is 11.3 Å². The average molecular weight is 333 g/mol. The van der Waals surface area contributed by atoms with Crippen LogP contribution in [0.15, 0.2) is 41.8 Å². The molecule has 7 heteroatoms. The number of hydrogen-bond donors (Lipinski definition) is 0. The van der Waals surface area contributed by atoms with E-state index in [1.165, 1.54) is 7.11 Å². The molecule has 2 amide bonds. The minimum Gasteiger partial charge on any atom is -0.490 e. The van der Waals surface area contributed by atoms with E-state index in [9.17, 15) is 14.4 Å². The molecular weight excluding hydrogens is 318 g/mol.